The van der Waals surface area contributed by atoms with Crippen LogP contribution in [0, 0.1) is 5.82 Å². The van der Waals surface area contributed by atoms with Gasteiger partial charge in [0.25, 0.3) is 0 Å². The normalized spacial score (nSPS) is 10.8. The maximum Gasteiger partial charge on any atom is 0.224 e. The molecule has 124 valence electrons. The molecule has 0 aliphatic rings. The molecular weight excluding hydrogens is 293 g/mol. The number of nitrogens with one attached hydrogen (secondary N) is 2. The second-order valence-electron chi connectivity index (χ2n) is 5.62. The standard InChI is InChI=1S/C17H24FN5/c1-23(2)13-5-10-19-16-9-12-21-17(22-16)20-11-8-14-6-3-4-7-15(14)18/h3-4,6-7,9,12H,5,8,10-11,13H2,1-2H3,(H2,19,20,21,22). The van der Waals surface area contributed by atoms with Crippen molar-refractivity contribution < 1.29 is 4.39 Å². The molecule has 0 saturated carbocycles. The van der Waals surface area contributed by atoms with Crippen LogP contribution in [-0.2, 0) is 6.42 Å². The summed E-state index contributed by atoms with van der Waals surface area (Å²) in [5.74, 6) is 1.18. The molecule has 0 amide bonds. The Morgan fingerprint density at radius 3 is 2.70 bits per heavy atom. The molecule has 0 atom stereocenters. The van der Waals surface area contributed by atoms with Crippen molar-refractivity contribution in [3.05, 3.63) is 47.9 Å². The summed E-state index contributed by atoms with van der Waals surface area (Å²) in [6.07, 6.45) is 3.36. The molecule has 6 heteroatoms. The molecule has 0 unspecified atom stereocenters. The average molecular weight is 317 g/mol. The number of hydrogen-bond donors (Lipinski definition) is 2. The van der Waals surface area contributed by atoms with Gasteiger partial charge < -0.3 is 15.5 Å². The van der Waals surface area contributed by atoms with Crippen LogP contribution in [0.2, 0.25) is 0 Å². The number of nitrogens with zero attached hydrogens (tertiary/aromatic N) is 3. The van der Waals surface area contributed by atoms with Crippen LogP contribution in [-0.4, -0.2) is 48.6 Å². The Hall–Kier alpha value is -2.21. The molecule has 0 bridgehead atoms. The summed E-state index contributed by atoms with van der Waals surface area (Å²) in [5, 5.41) is 6.41. The van der Waals surface area contributed by atoms with Gasteiger partial charge in [-0.05, 0) is 51.2 Å². The van der Waals surface area contributed by atoms with Crippen molar-refractivity contribution in [3.8, 4) is 0 Å². The molecule has 0 saturated heterocycles. The van der Waals surface area contributed by atoms with E-state index in [1.165, 1.54) is 6.07 Å². The Morgan fingerprint density at radius 2 is 1.91 bits per heavy atom. The fraction of sp³-hybridized carbons (Fsp3) is 0.412. The van der Waals surface area contributed by atoms with E-state index in [-0.39, 0.29) is 5.82 Å². The molecular formula is C17H24FN5. The van der Waals surface area contributed by atoms with Crippen LogP contribution in [0.25, 0.3) is 0 Å². The van der Waals surface area contributed by atoms with Gasteiger partial charge in [0.2, 0.25) is 5.95 Å². The summed E-state index contributed by atoms with van der Waals surface area (Å²) >= 11 is 0. The number of hydrogen-bond acceptors (Lipinski definition) is 5. The lowest BCUT2D eigenvalue weighted by atomic mass is 10.1. The van der Waals surface area contributed by atoms with Crippen LogP contribution in [0.15, 0.2) is 36.5 Å². The van der Waals surface area contributed by atoms with E-state index >= 15 is 0 Å². The molecule has 23 heavy (non-hydrogen) atoms. The molecule has 1 aromatic heterocycles. The van der Waals surface area contributed by atoms with E-state index in [1.54, 1.807) is 18.3 Å². The quantitative estimate of drug-likeness (QED) is 0.696. The highest BCUT2D eigenvalue weighted by Gasteiger charge is 2.02. The highest BCUT2D eigenvalue weighted by atomic mass is 19.1. The lowest BCUT2D eigenvalue weighted by Crippen LogP contribution is -2.17. The minimum Gasteiger partial charge on any atom is -0.370 e. The highest BCUT2D eigenvalue weighted by molar-refractivity contribution is 5.39. The number of halogens is 1. The molecule has 0 aliphatic heterocycles. The number of anilines is 2. The van der Waals surface area contributed by atoms with Crippen molar-refractivity contribution >= 4 is 11.8 Å². The lowest BCUT2D eigenvalue weighted by Gasteiger charge is -2.11. The van der Waals surface area contributed by atoms with E-state index < -0.39 is 0 Å². The summed E-state index contributed by atoms with van der Waals surface area (Å²) in [5.41, 5.74) is 0.693. The van der Waals surface area contributed by atoms with E-state index in [0.29, 0.717) is 24.5 Å². The average Bonchev–Trinajstić information content (AvgIpc) is 2.54. The molecule has 2 aromatic rings. The topological polar surface area (TPSA) is 53.1 Å². The third kappa shape index (κ3) is 6.20. The molecule has 1 aromatic carbocycles. The number of benzene rings is 1. The largest absolute Gasteiger partial charge is 0.370 e. The van der Waals surface area contributed by atoms with Gasteiger partial charge in [0.05, 0.1) is 0 Å². The predicted molar refractivity (Wildman–Crippen MR) is 92.3 cm³/mol. The maximum absolute atomic E-state index is 13.5. The molecule has 5 nitrogen and oxygen atoms in total. The second kappa shape index (κ2) is 9.05. The van der Waals surface area contributed by atoms with Gasteiger partial charge in [0.15, 0.2) is 0 Å². The maximum atomic E-state index is 13.5. The zero-order valence-electron chi connectivity index (χ0n) is 13.7. The van der Waals surface area contributed by atoms with Gasteiger partial charge in [0, 0.05) is 19.3 Å². The van der Waals surface area contributed by atoms with E-state index in [1.807, 2.05) is 12.1 Å². The van der Waals surface area contributed by atoms with Crippen LogP contribution in [0.5, 0.6) is 0 Å². The van der Waals surface area contributed by atoms with Crippen LogP contribution in [0.4, 0.5) is 16.2 Å². The summed E-state index contributed by atoms with van der Waals surface area (Å²) in [6.45, 7) is 2.49. The zero-order valence-corrected chi connectivity index (χ0v) is 13.7. The first-order valence-electron chi connectivity index (χ1n) is 7.84. The van der Waals surface area contributed by atoms with Gasteiger partial charge in [-0.2, -0.15) is 4.98 Å². The Balaban J connectivity index is 1.77. The van der Waals surface area contributed by atoms with Crippen molar-refractivity contribution in [2.75, 3.05) is 44.4 Å². The van der Waals surface area contributed by atoms with Gasteiger partial charge in [-0.15, -0.1) is 0 Å². The zero-order chi connectivity index (χ0) is 16.5. The van der Waals surface area contributed by atoms with E-state index in [4.69, 9.17) is 0 Å². The van der Waals surface area contributed by atoms with Crippen molar-refractivity contribution in [3.63, 3.8) is 0 Å². The van der Waals surface area contributed by atoms with Gasteiger partial charge >= 0.3 is 0 Å². The molecule has 0 radical (unpaired) electrons. The van der Waals surface area contributed by atoms with Crippen molar-refractivity contribution in [2.45, 2.75) is 12.8 Å². The van der Waals surface area contributed by atoms with Gasteiger partial charge in [0.1, 0.15) is 11.6 Å². The molecule has 2 rings (SSSR count). The van der Waals surface area contributed by atoms with Crippen molar-refractivity contribution in [1.82, 2.24) is 14.9 Å². The first-order valence-corrected chi connectivity index (χ1v) is 7.84. The highest BCUT2D eigenvalue weighted by Crippen LogP contribution is 2.09. The second-order valence-corrected chi connectivity index (χ2v) is 5.62. The molecule has 0 fully saturated rings. The Morgan fingerprint density at radius 1 is 1.09 bits per heavy atom. The minimum absolute atomic E-state index is 0.175. The monoisotopic (exact) mass is 317 g/mol. The number of aromatic nitrogens is 2. The van der Waals surface area contributed by atoms with E-state index in [2.05, 4.69) is 39.6 Å². The lowest BCUT2D eigenvalue weighted by molar-refractivity contribution is 0.405. The number of rotatable bonds is 9. The summed E-state index contributed by atoms with van der Waals surface area (Å²) in [4.78, 5) is 10.7. The fourth-order valence-corrected chi connectivity index (χ4v) is 2.16. The first kappa shape index (κ1) is 17.1. The van der Waals surface area contributed by atoms with Crippen LogP contribution >= 0.6 is 0 Å². The third-order valence-corrected chi connectivity index (χ3v) is 3.38. The molecule has 0 spiro atoms. The van der Waals surface area contributed by atoms with Crippen LogP contribution in [0.3, 0.4) is 0 Å². The summed E-state index contributed by atoms with van der Waals surface area (Å²) < 4.78 is 13.5. The SMILES string of the molecule is CN(C)CCCNc1ccnc(NCCc2ccccc2F)n1. The Bertz CT molecular complexity index is 603. The molecule has 2 N–H and O–H groups in total. The minimum atomic E-state index is -0.175. The van der Waals surface area contributed by atoms with Gasteiger partial charge in [-0.25, -0.2) is 9.37 Å². The summed E-state index contributed by atoms with van der Waals surface area (Å²) in [7, 11) is 4.12. The molecule has 1 heterocycles. The smallest absolute Gasteiger partial charge is 0.224 e. The molecule has 0 aliphatic carbocycles. The third-order valence-electron chi connectivity index (χ3n) is 3.38. The van der Waals surface area contributed by atoms with Gasteiger partial charge in [-0.3, -0.25) is 0 Å². The summed E-state index contributed by atoms with van der Waals surface area (Å²) in [6, 6.07) is 8.65. The van der Waals surface area contributed by atoms with Crippen molar-refractivity contribution in [2.24, 2.45) is 0 Å². The van der Waals surface area contributed by atoms with E-state index in [9.17, 15) is 4.39 Å². The van der Waals surface area contributed by atoms with Gasteiger partial charge in [-0.1, -0.05) is 18.2 Å². The fourth-order valence-electron chi connectivity index (χ4n) is 2.16. The van der Waals surface area contributed by atoms with Crippen molar-refractivity contribution in [1.29, 1.82) is 0 Å². The van der Waals surface area contributed by atoms with Crippen LogP contribution < -0.4 is 10.6 Å². The first-order chi connectivity index (χ1) is 11.1. The Labute approximate surface area is 137 Å². The Kier molecular flexibility index (Phi) is 6.75. The van der Waals surface area contributed by atoms with Crippen LogP contribution in [0.1, 0.15) is 12.0 Å². The van der Waals surface area contributed by atoms with E-state index in [0.717, 1.165) is 25.3 Å². The predicted octanol–water partition coefficient (Wildman–Crippen LogP) is 2.63.